The van der Waals surface area contributed by atoms with Crippen LogP contribution in [0.2, 0.25) is 0 Å². The molecule has 0 aliphatic carbocycles. The second kappa shape index (κ2) is 64.4. The number of esters is 4. The highest BCUT2D eigenvalue weighted by atomic mass is 31.2. The van der Waals surface area contributed by atoms with Crippen molar-refractivity contribution in [2.75, 3.05) is 39.6 Å². The first kappa shape index (κ1) is 88.1. The minimum Gasteiger partial charge on any atom is -0.462 e. The Kier molecular flexibility index (Phi) is 63.0. The molecule has 0 saturated heterocycles. The molecule has 0 aliphatic heterocycles. The van der Waals surface area contributed by atoms with Crippen LogP contribution in [0.25, 0.3) is 0 Å². The molecule has 2 unspecified atom stereocenters. The molecule has 0 heterocycles. The molecule has 0 bridgehead atoms. The van der Waals surface area contributed by atoms with Gasteiger partial charge in [0.1, 0.15) is 19.3 Å². The molecule has 0 fully saturated rings. The number of aliphatic hydroxyl groups excluding tert-OH is 1. The summed E-state index contributed by atoms with van der Waals surface area (Å²) in [4.78, 5) is 72.5. The third kappa shape index (κ3) is 64.8. The van der Waals surface area contributed by atoms with Gasteiger partial charge in [-0.15, -0.1) is 0 Å². The maximum absolute atomic E-state index is 13.0. The highest BCUT2D eigenvalue weighted by Crippen LogP contribution is 2.45. The molecular formula is C71H138O17P2. The summed E-state index contributed by atoms with van der Waals surface area (Å²) in [7, 11) is -9.89. The van der Waals surface area contributed by atoms with Gasteiger partial charge in [-0.25, -0.2) is 9.13 Å². The fraction of sp³-hybridized carbons (Fsp3) is 0.944. The highest BCUT2D eigenvalue weighted by Gasteiger charge is 2.30. The van der Waals surface area contributed by atoms with Gasteiger partial charge < -0.3 is 33.8 Å². The zero-order valence-corrected chi connectivity index (χ0v) is 60.1. The summed E-state index contributed by atoms with van der Waals surface area (Å²) in [6.07, 6.45) is 51.3. The molecule has 90 heavy (non-hydrogen) atoms. The van der Waals surface area contributed by atoms with Gasteiger partial charge in [-0.1, -0.05) is 317 Å². The minimum atomic E-state index is -4.95. The lowest BCUT2D eigenvalue weighted by atomic mass is 10.0. The molecule has 3 N–H and O–H groups in total. The molecule has 5 atom stereocenters. The molecule has 19 heteroatoms. The van der Waals surface area contributed by atoms with Gasteiger partial charge >= 0.3 is 39.5 Å². The van der Waals surface area contributed by atoms with Crippen LogP contribution in [-0.2, 0) is 65.4 Å². The van der Waals surface area contributed by atoms with Crippen molar-refractivity contribution in [1.82, 2.24) is 0 Å². The number of carbonyl (C=O) groups excluding carboxylic acids is 4. The van der Waals surface area contributed by atoms with Crippen LogP contribution in [-0.4, -0.2) is 96.7 Å². The van der Waals surface area contributed by atoms with E-state index in [1.54, 1.807) is 0 Å². The lowest BCUT2D eigenvalue weighted by Gasteiger charge is -2.21. The van der Waals surface area contributed by atoms with Crippen LogP contribution in [0.5, 0.6) is 0 Å². The molecule has 534 valence electrons. The van der Waals surface area contributed by atoms with Crippen molar-refractivity contribution in [2.45, 2.75) is 387 Å². The normalized spacial score (nSPS) is 14.1. The number of unbranched alkanes of at least 4 members (excludes halogenated alkanes) is 43. The molecule has 17 nitrogen and oxygen atoms in total. The van der Waals surface area contributed by atoms with Gasteiger partial charge in [0.05, 0.1) is 26.4 Å². The Hall–Kier alpha value is -1.94. The number of phosphoric acid groups is 2. The van der Waals surface area contributed by atoms with Gasteiger partial charge in [0.15, 0.2) is 12.2 Å². The molecular weight excluding hydrogens is 1190 g/mol. The van der Waals surface area contributed by atoms with Gasteiger partial charge in [-0.05, 0) is 31.6 Å². The molecule has 0 radical (unpaired) electrons. The Morgan fingerprint density at radius 3 is 0.756 bits per heavy atom. The number of ether oxygens (including phenoxy) is 4. The third-order valence-corrected chi connectivity index (χ3v) is 18.4. The lowest BCUT2D eigenvalue weighted by molar-refractivity contribution is -0.161. The third-order valence-electron chi connectivity index (χ3n) is 16.5. The summed E-state index contributed by atoms with van der Waals surface area (Å²) < 4.78 is 68.2. The topological polar surface area (TPSA) is 237 Å². The molecule has 0 saturated carbocycles. The monoisotopic (exact) mass is 1320 g/mol. The summed E-state index contributed by atoms with van der Waals surface area (Å²) in [6.45, 7) is 7.24. The van der Waals surface area contributed by atoms with Crippen molar-refractivity contribution in [3.8, 4) is 0 Å². The van der Waals surface area contributed by atoms with Crippen LogP contribution < -0.4 is 0 Å². The number of hydrogen-bond donors (Lipinski definition) is 3. The Morgan fingerprint density at radius 1 is 0.300 bits per heavy atom. The standard InChI is InChI=1S/C71H138O17P2/c1-6-9-12-15-18-20-22-24-28-32-35-40-45-50-55-69(74)82-61-67(88-71(76)57-52-47-42-37-33-29-26-25-27-30-34-39-43-48-53-64(4)5)63-86-90(79,80)84-59-65(72)58-83-89(77,78)85-62-66(60-81-68(73)54-49-44-38-17-14-11-8-3)87-70(75)56-51-46-41-36-31-23-21-19-16-13-10-7-2/h64-67,72H,6-63H2,1-5H3,(H,77,78)(H,79,80)/t65-,66+,67+/m0/s1. The highest BCUT2D eigenvalue weighted by molar-refractivity contribution is 7.47. The quantitative estimate of drug-likeness (QED) is 0.0222. The fourth-order valence-corrected chi connectivity index (χ4v) is 12.4. The second-order valence-corrected chi connectivity index (χ2v) is 29.0. The van der Waals surface area contributed by atoms with Crippen LogP contribution in [0.4, 0.5) is 0 Å². The van der Waals surface area contributed by atoms with Gasteiger partial charge in [-0.3, -0.25) is 37.3 Å². The van der Waals surface area contributed by atoms with Gasteiger partial charge in [0, 0.05) is 25.7 Å². The maximum atomic E-state index is 13.0. The van der Waals surface area contributed by atoms with E-state index in [1.165, 1.54) is 180 Å². The van der Waals surface area contributed by atoms with E-state index in [0.717, 1.165) is 109 Å². The van der Waals surface area contributed by atoms with Crippen LogP contribution in [0.3, 0.4) is 0 Å². The average molecular weight is 1330 g/mol. The molecule has 0 aromatic heterocycles. The lowest BCUT2D eigenvalue weighted by Crippen LogP contribution is -2.30. The molecule has 0 amide bonds. The van der Waals surface area contributed by atoms with Crippen molar-refractivity contribution < 1.29 is 80.2 Å². The van der Waals surface area contributed by atoms with E-state index in [4.69, 9.17) is 37.0 Å². The smallest absolute Gasteiger partial charge is 0.462 e. The Balaban J connectivity index is 5.20. The zero-order chi connectivity index (χ0) is 66.3. The number of phosphoric ester groups is 2. The Labute approximate surface area is 549 Å². The van der Waals surface area contributed by atoms with Crippen molar-refractivity contribution >= 4 is 39.5 Å². The first-order chi connectivity index (χ1) is 43.5. The van der Waals surface area contributed by atoms with Gasteiger partial charge in [0.2, 0.25) is 0 Å². The summed E-state index contributed by atoms with van der Waals surface area (Å²) in [5.41, 5.74) is 0. The van der Waals surface area contributed by atoms with Gasteiger partial charge in [0.25, 0.3) is 0 Å². The summed E-state index contributed by atoms with van der Waals surface area (Å²) in [5, 5.41) is 10.6. The largest absolute Gasteiger partial charge is 0.472 e. The average Bonchev–Trinajstić information content (AvgIpc) is 3.72. The molecule has 0 aromatic carbocycles. The van der Waals surface area contributed by atoms with E-state index in [9.17, 15) is 43.2 Å². The van der Waals surface area contributed by atoms with E-state index in [-0.39, 0.29) is 25.7 Å². The number of hydrogen-bond acceptors (Lipinski definition) is 15. The molecule has 0 aromatic rings. The summed E-state index contributed by atoms with van der Waals surface area (Å²) in [5.74, 6) is -1.33. The first-order valence-corrected chi connectivity index (χ1v) is 40.1. The van der Waals surface area contributed by atoms with E-state index in [1.807, 2.05) is 0 Å². The fourth-order valence-electron chi connectivity index (χ4n) is 10.8. The first-order valence-electron chi connectivity index (χ1n) is 37.1. The number of aliphatic hydroxyl groups is 1. The molecule has 0 aliphatic rings. The maximum Gasteiger partial charge on any atom is 0.472 e. The Bertz CT molecular complexity index is 1740. The van der Waals surface area contributed by atoms with Crippen LogP contribution in [0, 0.1) is 5.92 Å². The van der Waals surface area contributed by atoms with Gasteiger partial charge in [-0.2, -0.15) is 0 Å². The van der Waals surface area contributed by atoms with Crippen molar-refractivity contribution in [2.24, 2.45) is 5.92 Å². The zero-order valence-electron chi connectivity index (χ0n) is 58.3. The predicted molar refractivity (Wildman–Crippen MR) is 363 cm³/mol. The molecule has 0 rings (SSSR count). The van der Waals surface area contributed by atoms with Crippen molar-refractivity contribution in [3.63, 3.8) is 0 Å². The van der Waals surface area contributed by atoms with Crippen LogP contribution in [0.15, 0.2) is 0 Å². The second-order valence-electron chi connectivity index (χ2n) is 26.1. The predicted octanol–water partition coefficient (Wildman–Crippen LogP) is 20.5. The van der Waals surface area contributed by atoms with Crippen molar-refractivity contribution in [1.29, 1.82) is 0 Å². The summed E-state index contributed by atoms with van der Waals surface area (Å²) in [6, 6.07) is 0. The van der Waals surface area contributed by atoms with E-state index in [2.05, 4.69) is 34.6 Å². The molecule has 0 spiro atoms. The van der Waals surface area contributed by atoms with Crippen molar-refractivity contribution in [3.05, 3.63) is 0 Å². The van der Waals surface area contributed by atoms with E-state index in [0.29, 0.717) is 25.7 Å². The SMILES string of the molecule is CCCCCCCCCCCCCCCCC(=O)OC[C@H](COP(=O)(O)OC[C@@H](O)COP(=O)(O)OC[C@@H](COC(=O)CCCCCCCCC)OC(=O)CCCCCCCCCCCCCC)OC(=O)CCCCCCCCCCCCCCCCC(C)C. The van der Waals surface area contributed by atoms with E-state index >= 15 is 0 Å². The minimum absolute atomic E-state index is 0.107. The van der Waals surface area contributed by atoms with Crippen LogP contribution in [0.1, 0.15) is 369 Å². The van der Waals surface area contributed by atoms with Crippen LogP contribution >= 0.6 is 15.6 Å². The number of carbonyl (C=O) groups is 4. The number of rotatable bonds is 71. The van der Waals surface area contributed by atoms with E-state index < -0.39 is 97.5 Å². The summed E-state index contributed by atoms with van der Waals surface area (Å²) >= 11 is 0. The Morgan fingerprint density at radius 2 is 0.511 bits per heavy atom.